The summed E-state index contributed by atoms with van der Waals surface area (Å²) in [6, 6.07) is 19.8. The van der Waals surface area contributed by atoms with E-state index in [9.17, 15) is 9.90 Å². The van der Waals surface area contributed by atoms with Crippen LogP contribution in [-0.4, -0.2) is 22.6 Å². The number of hydrogen-bond donors (Lipinski definition) is 3. The van der Waals surface area contributed by atoms with Crippen molar-refractivity contribution in [1.82, 2.24) is 4.98 Å². The Bertz CT molecular complexity index is 1240. The molecule has 1 aliphatic rings. The molecule has 0 aliphatic carbocycles. The summed E-state index contributed by atoms with van der Waals surface area (Å²) in [6.45, 7) is 0.0737. The fraction of sp³-hybridized carbons (Fsp3) is 0.0833. The molecule has 0 fully saturated rings. The lowest BCUT2D eigenvalue weighted by molar-refractivity contribution is 0.102. The Balaban J connectivity index is 1.61. The van der Waals surface area contributed by atoms with E-state index in [1.807, 2.05) is 60.8 Å². The van der Waals surface area contributed by atoms with Crippen molar-refractivity contribution in [3.05, 3.63) is 84.2 Å². The highest BCUT2D eigenvalue weighted by Crippen LogP contribution is 2.36. The molecule has 3 aromatic carbocycles. The Hall–Kier alpha value is -3.70. The number of anilines is 3. The molecule has 0 saturated heterocycles. The number of nitrogens with one attached hydrogen (secondary N) is 2. The molecule has 0 spiro atoms. The normalized spacial score (nSPS) is 12.5. The maximum atomic E-state index is 12.8. The van der Waals surface area contributed by atoms with E-state index in [2.05, 4.69) is 21.7 Å². The van der Waals surface area contributed by atoms with Crippen molar-refractivity contribution in [2.75, 3.05) is 17.2 Å². The van der Waals surface area contributed by atoms with E-state index < -0.39 is 0 Å². The van der Waals surface area contributed by atoms with E-state index in [1.165, 1.54) is 0 Å². The zero-order valence-electron chi connectivity index (χ0n) is 15.6. The fourth-order valence-corrected chi connectivity index (χ4v) is 3.81. The molecule has 1 amide bonds. The van der Waals surface area contributed by atoms with E-state index >= 15 is 0 Å². The van der Waals surface area contributed by atoms with Gasteiger partial charge in [-0.05, 0) is 58.8 Å². The Morgan fingerprint density at radius 1 is 0.862 bits per heavy atom. The molecule has 2 heterocycles. The number of nitrogens with zero attached hydrogens (tertiary/aromatic N) is 1. The number of aromatic nitrogens is 1. The van der Waals surface area contributed by atoms with E-state index in [0.717, 1.165) is 44.5 Å². The van der Waals surface area contributed by atoms with Gasteiger partial charge in [0.1, 0.15) is 0 Å². The maximum absolute atomic E-state index is 12.8. The number of hydrogen-bond acceptors (Lipinski definition) is 4. The number of pyridine rings is 1. The van der Waals surface area contributed by atoms with E-state index in [-0.39, 0.29) is 12.5 Å². The monoisotopic (exact) mass is 381 g/mol. The second kappa shape index (κ2) is 7.04. The van der Waals surface area contributed by atoms with Gasteiger partial charge in [-0.25, -0.2) is 0 Å². The lowest BCUT2D eigenvalue weighted by Crippen LogP contribution is -2.11. The van der Waals surface area contributed by atoms with Crippen LogP contribution in [0.15, 0.2) is 73.1 Å². The third-order valence-electron chi connectivity index (χ3n) is 5.26. The topological polar surface area (TPSA) is 74.2 Å². The molecule has 29 heavy (non-hydrogen) atoms. The average molecular weight is 381 g/mol. The predicted molar refractivity (Wildman–Crippen MR) is 116 cm³/mol. The van der Waals surface area contributed by atoms with Gasteiger partial charge in [-0.1, -0.05) is 30.3 Å². The van der Waals surface area contributed by atoms with Crippen LogP contribution in [0, 0.1) is 0 Å². The van der Waals surface area contributed by atoms with Gasteiger partial charge in [-0.2, -0.15) is 0 Å². The molecule has 1 aliphatic heterocycles. The summed E-state index contributed by atoms with van der Waals surface area (Å²) < 4.78 is 0. The summed E-state index contributed by atoms with van der Waals surface area (Å²) in [5.74, 6) is -0.152. The van der Waals surface area contributed by atoms with Gasteiger partial charge in [0.2, 0.25) is 0 Å². The quantitative estimate of drug-likeness (QED) is 0.479. The van der Waals surface area contributed by atoms with Crippen molar-refractivity contribution in [3.8, 4) is 11.1 Å². The summed E-state index contributed by atoms with van der Waals surface area (Å²) >= 11 is 0. The molecule has 5 nitrogen and oxygen atoms in total. The Kier molecular flexibility index (Phi) is 4.22. The lowest BCUT2D eigenvalue weighted by Gasteiger charge is -2.12. The molecular weight excluding hydrogens is 362 g/mol. The van der Waals surface area contributed by atoms with Crippen LogP contribution in [0.4, 0.5) is 17.1 Å². The number of amides is 1. The van der Waals surface area contributed by atoms with Gasteiger partial charge >= 0.3 is 0 Å². The Morgan fingerprint density at radius 3 is 2.69 bits per heavy atom. The zero-order valence-corrected chi connectivity index (χ0v) is 15.6. The summed E-state index contributed by atoms with van der Waals surface area (Å²) in [5, 5.41) is 17.8. The van der Waals surface area contributed by atoms with Crippen LogP contribution < -0.4 is 10.6 Å². The van der Waals surface area contributed by atoms with Crippen LogP contribution >= 0.6 is 0 Å². The van der Waals surface area contributed by atoms with Gasteiger partial charge in [0.05, 0.1) is 22.6 Å². The first-order valence-electron chi connectivity index (χ1n) is 9.52. The van der Waals surface area contributed by atoms with Crippen LogP contribution in [-0.2, 0) is 6.42 Å². The van der Waals surface area contributed by atoms with Crippen LogP contribution in [0.5, 0.6) is 0 Å². The van der Waals surface area contributed by atoms with Gasteiger partial charge in [0.25, 0.3) is 5.91 Å². The first-order valence-corrected chi connectivity index (χ1v) is 9.52. The molecule has 5 rings (SSSR count). The van der Waals surface area contributed by atoms with E-state index in [4.69, 9.17) is 0 Å². The number of carbonyl (C=O) groups is 1. The van der Waals surface area contributed by atoms with Crippen LogP contribution in [0.25, 0.3) is 21.9 Å². The van der Waals surface area contributed by atoms with E-state index in [1.54, 1.807) is 6.20 Å². The molecule has 0 radical (unpaired) electrons. The van der Waals surface area contributed by atoms with Crippen LogP contribution in [0.3, 0.4) is 0 Å². The first-order chi connectivity index (χ1) is 14.2. The first kappa shape index (κ1) is 17.4. The predicted octanol–water partition coefficient (Wildman–Crippen LogP) is 4.75. The van der Waals surface area contributed by atoms with Gasteiger partial charge in [-0.15, -0.1) is 0 Å². The minimum absolute atomic E-state index is 0.0737. The van der Waals surface area contributed by atoms with Gasteiger partial charge in [0.15, 0.2) is 0 Å². The molecule has 0 atom stereocenters. The van der Waals surface area contributed by atoms with Crippen molar-refractivity contribution in [2.45, 2.75) is 6.42 Å². The second-order valence-corrected chi connectivity index (χ2v) is 7.10. The van der Waals surface area contributed by atoms with Crippen LogP contribution in [0.2, 0.25) is 0 Å². The molecule has 3 N–H and O–H groups in total. The second-order valence-electron chi connectivity index (χ2n) is 7.10. The number of carbonyl (C=O) groups excluding carboxylic acids is 1. The number of fused-ring (bicyclic) bond motifs is 3. The molecule has 5 heteroatoms. The van der Waals surface area contributed by atoms with Crippen molar-refractivity contribution < 1.29 is 9.90 Å². The molecule has 0 bridgehead atoms. The smallest absolute Gasteiger partial charge is 0.257 e. The SMILES string of the molecule is O=C1Nc2cc(CCO)ccc2Nc2cc(-c3cccc4cnccc34)ccc21. The summed E-state index contributed by atoms with van der Waals surface area (Å²) in [5.41, 5.74) is 6.01. The van der Waals surface area contributed by atoms with Crippen molar-refractivity contribution >= 4 is 33.7 Å². The highest BCUT2D eigenvalue weighted by Gasteiger charge is 2.20. The van der Waals surface area contributed by atoms with Crippen molar-refractivity contribution in [3.63, 3.8) is 0 Å². The molecule has 0 unspecified atom stereocenters. The highest BCUT2D eigenvalue weighted by atomic mass is 16.3. The fourth-order valence-electron chi connectivity index (χ4n) is 3.81. The Labute approximate surface area is 168 Å². The number of benzene rings is 3. The number of aliphatic hydroxyl groups excluding tert-OH is 1. The minimum atomic E-state index is -0.152. The standard InChI is InChI=1S/C24H19N3O2/c28-11-9-15-4-7-21-23(12-15)27-24(29)20-6-5-16(13-22(20)26-21)18-3-1-2-17-14-25-10-8-19(17)18/h1-8,10,12-14,26,28H,9,11H2,(H,27,29). The highest BCUT2D eigenvalue weighted by molar-refractivity contribution is 6.13. The summed E-state index contributed by atoms with van der Waals surface area (Å²) in [6.07, 6.45) is 4.20. The van der Waals surface area contributed by atoms with Gasteiger partial charge in [-0.3, -0.25) is 9.78 Å². The molecule has 1 aromatic heterocycles. The molecule has 0 saturated carbocycles. The molecule has 142 valence electrons. The Morgan fingerprint density at radius 2 is 1.79 bits per heavy atom. The van der Waals surface area contributed by atoms with Crippen LogP contribution in [0.1, 0.15) is 15.9 Å². The summed E-state index contributed by atoms with van der Waals surface area (Å²) in [7, 11) is 0. The maximum Gasteiger partial charge on any atom is 0.257 e. The van der Waals surface area contributed by atoms with E-state index in [0.29, 0.717) is 12.0 Å². The lowest BCUT2D eigenvalue weighted by atomic mass is 9.97. The van der Waals surface area contributed by atoms with Crippen molar-refractivity contribution in [2.24, 2.45) is 0 Å². The van der Waals surface area contributed by atoms with Gasteiger partial charge < -0.3 is 15.7 Å². The largest absolute Gasteiger partial charge is 0.396 e. The third kappa shape index (κ3) is 3.11. The molecule has 4 aromatic rings. The summed E-state index contributed by atoms with van der Waals surface area (Å²) in [4.78, 5) is 17.0. The van der Waals surface area contributed by atoms with Gasteiger partial charge in [0, 0.05) is 24.4 Å². The average Bonchev–Trinajstić information content (AvgIpc) is 2.88. The van der Waals surface area contributed by atoms with Crippen molar-refractivity contribution in [1.29, 1.82) is 0 Å². The third-order valence-corrected chi connectivity index (χ3v) is 5.26. The molecular formula is C24H19N3O2. The number of rotatable bonds is 3. The number of aliphatic hydroxyl groups is 1. The zero-order chi connectivity index (χ0) is 19.8. The minimum Gasteiger partial charge on any atom is -0.396 e.